The number of nitrogens with zero attached hydrogens (tertiary/aromatic N) is 1. The maximum absolute atomic E-state index is 5.59. The average molecular weight is 409 g/mol. The molecule has 21 heavy (non-hydrogen) atoms. The van der Waals surface area contributed by atoms with E-state index in [0.717, 1.165) is 25.5 Å². The number of hydrogen-bond acceptors (Lipinski definition) is 3. The lowest BCUT2D eigenvalue weighted by molar-refractivity contribution is -0.0850. The normalized spacial score (nSPS) is 23.0. The first-order valence-corrected chi connectivity index (χ1v) is 7.70. The van der Waals surface area contributed by atoms with Gasteiger partial charge in [0.1, 0.15) is 0 Å². The molecule has 2 N–H and O–H groups in total. The van der Waals surface area contributed by atoms with E-state index in [-0.39, 0.29) is 30.1 Å². The van der Waals surface area contributed by atoms with E-state index in [9.17, 15) is 0 Å². The molecule has 0 bridgehead atoms. The van der Waals surface area contributed by atoms with Crippen LogP contribution in [-0.4, -0.2) is 52.0 Å². The summed E-state index contributed by atoms with van der Waals surface area (Å²) in [4.78, 5) is 4.23. The molecule has 122 valence electrons. The van der Waals surface area contributed by atoms with Crippen LogP contribution in [0.25, 0.3) is 0 Å². The second kappa shape index (κ2) is 11.3. The van der Waals surface area contributed by atoms with Crippen LogP contribution in [0.3, 0.4) is 0 Å². The molecule has 1 aliphatic heterocycles. The summed E-state index contributed by atoms with van der Waals surface area (Å²) in [5.41, 5.74) is 1.59. The van der Waals surface area contributed by atoms with Crippen LogP contribution >= 0.6 is 24.0 Å². The first-order chi connectivity index (χ1) is 9.88. The molecule has 6 heteroatoms. The van der Waals surface area contributed by atoms with Crippen molar-refractivity contribution in [3.8, 4) is 0 Å². The summed E-state index contributed by atoms with van der Waals surface area (Å²) in [5.74, 6) is 0.843. The number of nitrogens with one attached hydrogen (secondary N) is 2. The first kappa shape index (κ1) is 18.7. The number of guanidine groups is 1. The van der Waals surface area contributed by atoms with Crippen molar-refractivity contribution in [1.29, 1.82) is 0 Å². The Bertz CT molecular complexity index is 342. The molecule has 0 radical (unpaired) electrons. The molecule has 1 unspecified atom stereocenters. The van der Waals surface area contributed by atoms with Gasteiger partial charge in [-0.05, 0) is 32.1 Å². The predicted octanol–water partition coefficient (Wildman–Crippen LogP) is 2.08. The van der Waals surface area contributed by atoms with E-state index >= 15 is 0 Å². The van der Waals surface area contributed by atoms with E-state index in [0.29, 0.717) is 19.8 Å². The summed E-state index contributed by atoms with van der Waals surface area (Å²) in [6.07, 6.45) is 8.85. The lowest BCUT2D eigenvalue weighted by Crippen LogP contribution is -2.44. The Morgan fingerprint density at radius 1 is 1.33 bits per heavy atom. The molecule has 0 saturated carbocycles. The number of allylic oxidation sites excluding steroid dienone is 1. The van der Waals surface area contributed by atoms with Gasteiger partial charge in [0.25, 0.3) is 0 Å². The molecule has 1 aliphatic carbocycles. The molecule has 1 saturated heterocycles. The zero-order valence-electron chi connectivity index (χ0n) is 12.9. The number of hydrogen-bond donors (Lipinski definition) is 2. The summed E-state index contributed by atoms with van der Waals surface area (Å²) >= 11 is 0. The smallest absolute Gasteiger partial charge is 0.191 e. The van der Waals surface area contributed by atoms with Crippen molar-refractivity contribution in [2.24, 2.45) is 4.99 Å². The minimum atomic E-state index is 0. The minimum absolute atomic E-state index is 0. The largest absolute Gasteiger partial charge is 0.376 e. The second-order valence-corrected chi connectivity index (χ2v) is 5.31. The van der Waals surface area contributed by atoms with Gasteiger partial charge in [0.15, 0.2) is 5.96 Å². The van der Waals surface area contributed by atoms with Crippen LogP contribution in [0.2, 0.25) is 0 Å². The predicted molar refractivity (Wildman–Crippen MR) is 96.5 cm³/mol. The van der Waals surface area contributed by atoms with Crippen molar-refractivity contribution < 1.29 is 9.47 Å². The fraction of sp³-hybridized carbons (Fsp3) is 0.800. The Morgan fingerprint density at radius 3 is 2.90 bits per heavy atom. The highest BCUT2D eigenvalue weighted by Crippen LogP contribution is 2.19. The van der Waals surface area contributed by atoms with Crippen LogP contribution in [0.4, 0.5) is 0 Å². The third-order valence-electron chi connectivity index (χ3n) is 3.73. The summed E-state index contributed by atoms with van der Waals surface area (Å²) in [7, 11) is 1.80. The van der Waals surface area contributed by atoms with E-state index in [2.05, 4.69) is 21.7 Å². The maximum Gasteiger partial charge on any atom is 0.191 e. The highest BCUT2D eigenvalue weighted by Gasteiger charge is 2.14. The first-order valence-electron chi connectivity index (χ1n) is 7.70. The van der Waals surface area contributed by atoms with Gasteiger partial charge in [0, 0.05) is 20.1 Å². The third-order valence-corrected chi connectivity index (χ3v) is 3.73. The maximum atomic E-state index is 5.59. The van der Waals surface area contributed by atoms with Gasteiger partial charge in [-0.25, -0.2) is 0 Å². The third kappa shape index (κ3) is 7.46. The number of halogens is 1. The molecule has 5 nitrogen and oxygen atoms in total. The lowest BCUT2D eigenvalue weighted by atomic mass is 9.97. The van der Waals surface area contributed by atoms with E-state index in [1.807, 2.05) is 0 Å². The van der Waals surface area contributed by atoms with Crippen molar-refractivity contribution >= 4 is 29.9 Å². The fourth-order valence-electron chi connectivity index (χ4n) is 2.56. The van der Waals surface area contributed by atoms with Gasteiger partial charge in [-0.2, -0.15) is 0 Å². The SMILES string of the molecule is CN=C(NCCC1=CCCCC1)NCC1COCCO1.I. The Kier molecular flexibility index (Phi) is 10.0. The van der Waals surface area contributed by atoms with Gasteiger partial charge < -0.3 is 20.1 Å². The van der Waals surface area contributed by atoms with Gasteiger partial charge in [0.2, 0.25) is 0 Å². The monoisotopic (exact) mass is 409 g/mol. The minimum Gasteiger partial charge on any atom is -0.376 e. The molecule has 0 aromatic rings. The number of rotatable bonds is 5. The highest BCUT2D eigenvalue weighted by atomic mass is 127. The van der Waals surface area contributed by atoms with E-state index < -0.39 is 0 Å². The quantitative estimate of drug-likeness (QED) is 0.316. The van der Waals surface area contributed by atoms with Crippen molar-refractivity contribution in [2.75, 3.05) is 40.0 Å². The van der Waals surface area contributed by atoms with Crippen molar-refractivity contribution in [1.82, 2.24) is 10.6 Å². The molecular formula is C15H28IN3O2. The van der Waals surface area contributed by atoms with Crippen LogP contribution < -0.4 is 10.6 Å². The molecular weight excluding hydrogens is 381 g/mol. The molecule has 0 spiro atoms. The summed E-state index contributed by atoms with van der Waals surface area (Å²) in [5, 5.41) is 6.65. The molecule has 0 amide bonds. The van der Waals surface area contributed by atoms with Crippen molar-refractivity contribution in [3.05, 3.63) is 11.6 Å². The Balaban J connectivity index is 0.00000220. The Labute approximate surface area is 145 Å². The zero-order valence-corrected chi connectivity index (χ0v) is 15.2. The van der Waals surface area contributed by atoms with E-state index in [1.54, 1.807) is 12.6 Å². The molecule has 2 aliphatic rings. The van der Waals surface area contributed by atoms with Gasteiger partial charge >= 0.3 is 0 Å². The van der Waals surface area contributed by atoms with Gasteiger partial charge in [0.05, 0.1) is 25.9 Å². The summed E-state index contributed by atoms with van der Waals surface area (Å²) in [6, 6.07) is 0. The van der Waals surface area contributed by atoms with Gasteiger partial charge in [-0.1, -0.05) is 11.6 Å². The van der Waals surface area contributed by atoms with E-state index in [4.69, 9.17) is 9.47 Å². The van der Waals surface area contributed by atoms with Gasteiger partial charge in [-0.15, -0.1) is 24.0 Å². The van der Waals surface area contributed by atoms with Crippen molar-refractivity contribution in [2.45, 2.75) is 38.2 Å². The molecule has 1 fully saturated rings. The molecule has 0 aromatic heterocycles. The highest BCUT2D eigenvalue weighted by molar-refractivity contribution is 14.0. The Morgan fingerprint density at radius 2 is 2.24 bits per heavy atom. The van der Waals surface area contributed by atoms with Crippen LogP contribution in [0.15, 0.2) is 16.6 Å². The molecule has 0 aromatic carbocycles. The zero-order chi connectivity index (χ0) is 14.0. The molecule has 1 heterocycles. The summed E-state index contributed by atoms with van der Waals surface area (Å²) in [6.45, 7) is 3.73. The average Bonchev–Trinajstić information content (AvgIpc) is 2.52. The van der Waals surface area contributed by atoms with Gasteiger partial charge in [-0.3, -0.25) is 4.99 Å². The van der Waals surface area contributed by atoms with Crippen LogP contribution in [0.5, 0.6) is 0 Å². The van der Waals surface area contributed by atoms with Crippen LogP contribution in [0, 0.1) is 0 Å². The Hall–Kier alpha value is -0.340. The van der Waals surface area contributed by atoms with Crippen LogP contribution in [0.1, 0.15) is 32.1 Å². The fourth-order valence-corrected chi connectivity index (χ4v) is 2.56. The molecule has 1 atom stereocenters. The number of aliphatic imine (C=N–C) groups is 1. The number of ether oxygens (including phenoxy) is 2. The van der Waals surface area contributed by atoms with Crippen molar-refractivity contribution in [3.63, 3.8) is 0 Å². The summed E-state index contributed by atoms with van der Waals surface area (Å²) < 4.78 is 11.0. The topological polar surface area (TPSA) is 54.9 Å². The van der Waals surface area contributed by atoms with Crippen LogP contribution in [-0.2, 0) is 9.47 Å². The van der Waals surface area contributed by atoms with E-state index in [1.165, 1.54) is 25.7 Å². The standard InChI is InChI=1S/C15H27N3O2.HI/c1-16-15(18-11-14-12-19-9-10-20-14)17-8-7-13-5-3-2-4-6-13;/h5,14H,2-4,6-12H2,1H3,(H2,16,17,18);1H. The molecule has 2 rings (SSSR count). The second-order valence-electron chi connectivity index (χ2n) is 5.31. The lowest BCUT2D eigenvalue weighted by Gasteiger charge is -2.24.